The number of ether oxygens (including phenoxy) is 3. The van der Waals surface area contributed by atoms with Crippen LogP contribution in [-0.2, 0) is 27.3 Å². The molecule has 0 radical (unpaired) electrons. The van der Waals surface area contributed by atoms with Crippen LogP contribution in [0.1, 0.15) is 44.8 Å². The first-order chi connectivity index (χ1) is 21.3. The lowest BCUT2D eigenvalue weighted by Gasteiger charge is -2.28. The molecule has 1 aliphatic carbocycles. The molecule has 3 aliphatic rings. The second kappa shape index (κ2) is 12.7. The van der Waals surface area contributed by atoms with E-state index in [-0.39, 0.29) is 29.5 Å². The van der Waals surface area contributed by atoms with Crippen LogP contribution in [0.5, 0.6) is 0 Å². The van der Waals surface area contributed by atoms with Crippen LogP contribution in [0, 0.1) is 0 Å². The summed E-state index contributed by atoms with van der Waals surface area (Å²) in [6, 6.07) is 18.5. The highest BCUT2D eigenvalue weighted by Gasteiger charge is 2.45. The van der Waals surface area contributed by atoms with E-state index in [0.29, 0.717) is 36.5 Å². The molecule has 2 aliphatic heterocycles. The summed E-state index contributed by atoms with van der Waals surface area (Å²) in [4.78, 5) is 32.5. The van der Waals surface area contributed by atoms with E-state index in [2.05, 4.69) is 47.4 Å². The second-order valence-corrected chi connectivity index (χ2v) is 10.5. The number of halogens is 2. The molecule has 3 N–H and O–H groups in total. The molecule has 1 saturated heterocycles. The second-order valence-electron chi connectivity index (χ2n) is 10.5. The van der Waals surface area contributed by atoms with E-state index in [9.17, 15) is 18.4 Å². The highest BCUT2D eigenvalue weighted by Crippen LogP contribution is 2.39. The summed E-state index contributed by atoms with van der Waals surface area (Å²) >= 11 is 0. The number of aromatic nitrogens is 1. The molecule has 0 unspecified atom stereocenters. The lowest BCUT2D eigenvalue weighted by molar-refractivity contribution is -0.336. The van der Waals surface area contributed by atoms with Gasteiger partial charge in [-0.15, -0.1) is 8.78 Å². The van der Waals surface area contributed by atoms with Gasteiger partial charge in [-0.2, -0.15) is 0 Å². The summed E-state index contributed by atoms with van der Waals surface area (Å²) in [5.74, 6) is -0.708. The zero-order valence-electron chi connectivity index (χ0n) is 23.8. The molecule has 10 nitrogen and oxygen atoms in total. The Labute approximate surface area is 252 Å². The molecule has 12 heteroatoms. The third-order valence-corrected chi connectivity index (χ3v) is 7.42. The number of allylic oxidation sites excluding steroid dienone is 3. The molecule has 228 valence electrons. The van der Waals surface area contributed by atoms with E-state index < -0.39 is 12.2 Å². The largest absolute Gasteiger partial charge is 0.585 e. The van der Waals surface area contributed by atoms with E-state index in [4.69, 9.17) is 4.74 Å². The van der Waals surface area contributed by atoms with Crippen molar-refractivity contribution < 1.29 is 32.6 Å². The molecule has 0 bridgehead atoms. The molecule has 0 atom stereocenters. The predicted octanol–water partition coefficient (Wildman–Crippen LogP) is 4.68. The van der Waals surface area contributed by atoms with Crippen LogP contribution in [0.2, 0.25) is 0 Å². The van der Waals surface area contributed by atoms with Gasteiger partial charge in [-0.3, -0.25) is 14.6 Å². The van der Waals surface area contributed by atoms with E-state index in [1.807, 2.05) is 12.1 Å². The molecule has 3 heterocycles. The molecule has 2 aromatic carbocycles. The standard InChI is InChI=1S/C32H31F2N5O5/c33-32(34)43-28-10-7-23(18-29(28)44-32)38-30(40)25-3-1-2-4-26(25)36-20-22-11-12-35-27(17-22)31(41)37-19-21-5-8-24(9-6-21)39-13-15-42-16-14-39/h1-6,8-9,11-12,17-18,36H,7,10,13-16,19-20H2,(H,37,41)(H,38,40). The molecule has 0 saturated carbocycles. The molecule has 0 spiro atoms. The summed E-state index contributed by atoms with van der Waals surface area (Å²) in [5, 5.41) is 8.95. The number of rotatable bonds is 9. The topological polar surface area (TPSA) is 114 Å². The Hall–Kier alpha value is -4.97. The molecular weight excluding hydrogens is 572 g/mol. The van der Waals surface area contributed by atoms with Crippen molar-refractivity contribution in [1.82, 2.24) is 15.6 Å². The number of pyridine rings is 1. The minimum atomic E-state index is -3.69. The highest BCUT2D eigenvalue weighted by molar-refractivity contribution is 6.00. The van der Waals surface area contributed by atoms with E-state index in [1.165, 1.54) is 6.08 Å². The number of amides is 2. The number of nitrogens with one attached hydrogen (secondary N) is 3. The Morgan fingerprint density at radius 1 is 0.909 bits per heavy atom. The van der Waals surface area contributed by atoms with Crippen LogP contribution in [0.25, 0.3) is 0 Å². The minimum absolute atomic E-state index is 0.0682. The van der Waals surface area contributed by atoms with Crippen molar-refractivity contribution in [3.05, 3.63) is 113 Å². The van der Waals surface area contributed by atoms with Crippen molar-refractivity contribution in [2.45, 2.75) is 32.2 Å². The third-order valence-electron chi connectivity index (χ3n) is 7.42. The fourth-order valence-electron chi connectivity index (χ4n) is 5.13. The number of benzene rings is 2. The fraction of sp³-hybridized carbons (Fsp3) is 0.281. The maximum atomic E-state index is 13.4. The summed E-state index contributed by atoms with van der Waals surface area (Å²) in [7, 11) is 0. The summed E-state index contributed by atoms with van der Waals surface area (Å²) in [6.45, 7) is 3.86. The average molecular weight is 604 g/mol. The molecule has 1 aromatic heterocycles. The molecular formula is C32H31F2N5O5. The maximum absolute atomic E-state index is 13.4. The highest BCUT2D eigenvalue weighted by atomic mass is 19.3. The van der Waals surface area contributed by atoms with Gasteiger partial charge in [0, 0.05) is 61.9 Å². The van der Waals surface area contributed by atoms with E-state index in [1.54, 1.807) is 42.6 Å². The zero-order chi connectivity index (χ0) is 30.5. The number of anilines is 2. The van der Waals surface area contributed by atoms with Gasteiger partial charge in [-0.1, -0.05) is 24.3 Å². The molecule has 1 fully saturated rings. The van der Waals surface area contributed by atoms with Crippen LogP contribution in [-0.4, -0.2) is 49.4 Å². The van der Waals surface area contributed by atoms with Crippen molar-refractivity contribution in [3.63, 3.8) is 0 Å². The van der Waals surface area contributed by atoms with Gasteiger partial charge in [0.15, 0.2) is 5.76 Å². The minimum Gasteiger partial charge on any atom is -0.400 e. The Morgan fingerprint density at radius 3 is 2.52 bits per heavy atom. The van der Waals surface area contributed by atoms with Gasteiger partial charge >= 0.3 is 6.29 Å². The smallest absolute Gasteiger partial charge is 0.400 e. The normalized spacial score (nSPS) is 17.1. The zero-order valence-corrected chi connectivity index (χ0v) is 23.8. The van der Waals surface area contributed by atoms with Crippen LogP contribution in [0.15, 0.2) is 90.2 Å². The quantitative estimate of drug-likeness (QED) is 0.323. The number of morpholine rings is 1. The van der Waals surface area contributed by atoms with Crippen molar-refractivity contribution in [1.29, 1.82) is 0 Å². The summed E-state index contributed by atoms with van der Waals surface area (Å²) < 4.78 is 41.2. The van der Waals surface area contributed by atoms with Crippen molar-refractivity contribution in [3.8, 4) is 0 Å². The first-order valence-electron chi connectivity index (χ1n) is 14.3. The van der Waals surface area contributed by atoms with E-state index in [0.717, 1.165) is 43.1 Å². The Bertz CT molecular complexity index is 1600. The number of alkyl halides is 2. The van der Waals surface area contributed by atoms with Gasteiger partial charge in [0.2, 0.25) is 0 Å². The van der Waals surface area contributed by atoms with Gasteiger partial charge in [0.05, 0.1) is 18.8 Å². The average Bonchev–Trinajstić information content (AvgIpc) is 3.36. The number of carbonyl (C=O) groups is 2. The van der Waals surface area contributed by atoms with Gasteiger partial charge in [0.1, 0.15) is 11.5 Å². The summed E-state index contributed by atoms with van der Waals surface area (Å²) in [5.41, 5.74) is 4.57. The molecule has 44 heavy (non-hydrogen) atoms. The third kappa shape index (κ3) is 6.97. The van der Waals surface area contributed by atoms with Gasteiger partial charge in [-0.05, 0) is 53.9 Å². The van der Waals surface area contributed by atoms with Crippen molar-refractivity contribution >= 4 is 23.2 Å². The first kappa shape index (κ1) is 29.1. The molecule has 2 amide bonds. The van der Waals surface area contributed by atoms with Gasteiger partial charge in [-0.25, -0.2) is 0 Å². The maximum Gasteiger partial charge on any atom is 0.585 e. The number of carbonyl (C=O) groups excluding carboxylic acids is 2. The predicted molar refractivity (Wildman–Crippen MR) is 158 cm³/mol. The lowest BCUT2D eigenvalue weighted by Crippen LogP contribution is -2.36. The lowest BCUT2D eigenvalue weighted by atomic mass is 10.1. The van der Waals surface area contributed by atoms with Crippen LogP contribution in [0.3, 0.4) is 0 Å². The van der Waals surface area contributed by atoms with Gasteiger partial charge < -0.3 is 35.1 Å². The summed E-state index contributed by atoms with van der Waals surface area (Å²) in [6.07, 6.45) is -0.256. The van der Waals surface area contributed by atoms with Crippen LogP contribution < -0.4 is 20.9 Å². The van der Waals surface area contributed by atoms with Crippen LogP contribution >= 0.6 is 0 Å². The van der Waals surface area contributed by atoms with E-state index >= 15 is 0 Å². The number of para-hydroxylation sites is 1. The van der Waals surface area contributed by atoms with Crippen molar-refractivity contribution in [2.75, 3.05) is 36.5 Å². The van der Waals surface area contributed by atoms with Crippen molar-refractivity contribution in [2.24, 2.45) is 0 Å². The SMILES string of the molecule is O=C(NCc1ccc(N2CCOCC2)cc1)c1cc(CNc2ccccc2C(=O)NC2=CC3=C(CC2)OC(F)(F)O3)ccn1. The fourth-order valence-corrected chi connectivity index (χ4v) is 5.13. The number of nitrogens with zero attached hydrogens (tertiary/aromatic N) is 2. The Kier molecular flexibility index (Phi) is 8.42. The number of hydrogen-bond donors (Lipinski definition) is 3. The Morgan fingerprint density at radius 2 is 1.70 bits per heavy atom. The monoisotopic (exact) mass is 603 g/mol. The molecule has 6 rings (SSSR count). The Balaban J connectivity index is 1.03. The number of hydrogen-bond acceptors (Lipinski definition) is 8. The van der Waals surface area contributed by atoms with Crippen LogP contribution in [0.4, 0.5) is 20.2 Å². The molecule has 3 aromatic rings. The first-order valence-corrected chi connectivity index (χ1v) is 14.3. The van der Waals surface area contributed by atoms with Gasteiger partial charge in [0.25, 0.3) is 11.8 Å².